The number of nitrogens with zero attached hydrogens (tertiary/aromatic N) is 1. The highest BCUT2D eigenvalue weighted by atomic mass is 16.5. The zero-order valence-electron chi connectivity index (χ0n) is 12.5. The van der Waals surface area contributed by atoms with Gasteiger partial charge in [0.05, 0.1) is 12.6 Å². The van der Waals surface area contributed by atoms with Crippen LogP contribution in [0.2, 0.25) is 0 Å². The highest BCUT2D eigenvalue weighted by Gasteiger charge is 2.43. The summed E-state index contributed by atoms with van der Waals surface area (Å²) in [5, 5.41) is 0. The number of ether oxygens (including phenoxy) is 1. The highest BCUT2D eigenvalue weighted by molar-refractivity contribution is 5.16. The molecule has 3 N–H and O–H groups in total. The summed E-state index contributed by atoms with van der Waals surface area (Å²) in [5.74, 6) is 6.97. The van der Waals surface area contributed by atoms with Gasteiger partial charge in [0.25, 0.3) is 0 Å². The standard InChI is InChI=1S/C15H29N3O/c1-18(2)15(10-6-3-4-7-11-15)14(17-16)13-9-5-8-12-19-13/h9,14,17H,3-8,10-12,16H2,1-2H3. The monoisotopic (exact) mass is 267 g/mol. The van der Waals surface area contributed by atoms with Gasteiger partial charge < -0.3 is 9.64 Å². The maximum absolute atomic E-state index is 5.91. The van der Waals surface area contributed by atoms with E-state index in [2.05, 4.69) is 30.5 Å². The van der Waals surface area contributed by atoms with Crippen molar-refractivity contribution in [3.63, 3.8) is 0 Å². The Balaban J connectivity index is 2.26. The quantitative estimate of drug-likeness (QED) is 0.466. The van der Waals surface area contributed by atoms with E-state index in [0.29, 0.717) is 0 Å². The highest BCUT2D eigenvalue weighted by Crippen LogP contribution is 2.37. The van der Waals surface area contributed by atoms with Crippen LogP contribution in [0.4, 0.5) is 0 Å². The molecule has 1 atom stereocenters. The van der Waals surface area contributed by atoms with Gasteiger partial charge in [-0.3, -0.25) is 5.84 Å². The molecule has 0 spiro atoms. The van der Waals surface area contributed by atoms with E-state index >= 15 is 0 Å². The molecule has 2 rings (SSSR count). The lowest BCUT2D eigenvalue weighted by Crippen LogP contribution is -2.61. The average molecular weight is 267 g/mol. The minimum absolute atomic E-state index is 0.0917. The fourth-order valence-corrected chi connectivity index (χ4v) is 3.61. The molecule has 4 heteroatoms. The lowest BCUT2D eigenvalue weighted by Gasteiger charge is -2.46. The van der Waals surface area contributed by atoms with E-state index in [1.807, 2.05) is 0 Å². The fraction of sp³-hybridized carbons (Fsp3) is 0.867. The molecule has 4 nitrogen and oxygen atoms in total. The van der Waals surface area contributed by atoms with Crippen molar-refractivity contribution in [2.45, 2.75) is 62.9 Å². The summed E-state index contributed by atoms with van der Waals surface area (Å²) in [6, 6.07) is 0.112. The average Bonchev–Trinajstić information content (AvgIpc) is 2.68. The summed E-state index contributed by atoms with van der Waals surface area (Å²) in [6.45, 7) is 0.827. The predicted octanol–water partition coefficient (Wildman–Crippen LogP) is 2.17. The number of hydrazine groups is 1. The molecule has 110 valence electrons. The normalized spacial score (nSPS) is 25.4. The first kappa shape index (κ1) is 14.8. The number of nitrogens with two attached hydrogens (primary N) is 1. The van der Waals surface area contributed by atoms with Crippen molar-refractivity contribution in [1.29, 1.82) is 0 Å². The van der Waals surface area contributed by atoms with Gasteiger partial charge >= 0.3 is 0 Å². The Kier molecular flexibility index (Phi) is 5.25. The first-order chi connectivity index (χ1) is 9.20. The minimum atomic E-state index is 0.0917. The lowest BCUT2D eigenvalue weighted by atomic mass is 9.80. The molecular formula is C15H29N3O. The van der Waals surface area contributed by atoms with Crippen LogP contribution in [0.25, 0.3) is 0 Å². The summed E-state index contributed by atoms with van der Waals surface area (Å²) in [4.78, 5) is 2.36. The summed E-state index contributed by atoms with van der Waals surface area (Å²) in [7, 11) is 4.36. The van der Waals surface area contributed by atoms with Crippen molar-refractivity contribution in [2.75, 3.05) is 20.7 Å². The maximum Gasteiger partial charge on any atom is 0.112 e. The van der Waals surface area contributed by atoms with Gasteiger partial charge in [0, 0.05) is 5.54 Å². The summed E-state index contributed by atoms with van der Waals surface area (Å²) in [5.41, 5.74) is 3.15. The second-order valence-corrected chi connectivity index (χ2v) is 6.11. The molecular weight excluding hydrogens is 238 g/mol. The Bertz CT molecular complexity index is 307. The molecule has 1 heterocycles. The van der Waals surface area contributed by atoms with E-state index in [0.717, 1.165) is 25.2 Å². The Hall–Kier alpha value is -0.580. The summed E-state index contributed by atoms with van der Waals surface area (Å²) < 4.78 is 5.89. The molecule has 2 aliphatic rings. The third-order valence-corrected chi connectivity index (χ3v) is 4.81. The largest absolute Gasteiger partial charge is 0.496 e. The molecule has 1 saturated carbocycles. The van der Waals surface area contributed by atoms with Crippen LogP contribution < -0.4 is 11.3 Å². The van der Waals surface area contributed by atoms with Crippen LogP contribution >= 0.6 is 0 Å². The van der Waals surface area contributed by atoms with Crippen LogP contribution in [-0.2, 0) is 4.74 Å². The first-order valence-corrected chi connectivity index (χ1v) is 7.67. The summed E-state index contributed by atoms with van der Waals surface area (Å²) >= 11 is 0. The zero-order chi connectivity index (χ0) is 13.7. The fourth-order valence-electron chi connectivity index (χ4n) is 3.61. The Labute approximate surface area is 117 Å². The van der Waals surface area contributed by atoms with Crippen molar-refractivity contribution in [2.24, 2.45) is 5.84 Å². The van der Waals surface area contributed by atoms with Crippen LogP contribution in [0, 0.1) is 0 Å². The number of allylic oxidation sites excluding steroid dienone is 1. The molecule has 1 unspecified atom stereocenters. The van der Waals surface area contributed by atoms with Gasteiger partial charge in [-0.25, -0.2) is 5.43 Å². The molecule has 0 bridgehead atoms. The maximum atomic E-state index is 5.91. The molecule has 1 aliphatic heterocycles. The Morgan fingerprint density at radius 3 is 2.37 bits per heavy atom. The number of likely N-dealkylation sites (N-methyl/N-ethyl adjacent to an activating group) is 1. The molecule has 1 fully saturated rings. The van der Waals surface area contributed by atoms with E-state index in [1.165, 1.54) is 38.5 Å². The number of rotatable bonds is 4. The zero-order valence-corrected chi connectivity index (χ0v) is 12.5. The van der Waals surface area contributed by atoms with Gasteiger partial charge in [-0.1, -0.05) is 25.7 Å². The number of nitrogens with one attached hydrogen (secondary N) is 1. The predicted molar refractivity (Wildman–Crippen MR) is 78.5 cm³/mol. The molecule has 0 aromatic heterocycles. The number of hydrogen-bond donors (Lipinski definition) is 2. The van der Waals surface area contributed by atoms with Gasteiger partial charge in [0.15, 0.2) is 0 Å². The molecule has 19 heavy (non-hydrogen) atoms. The Morgan fingerprint density at radius 1 is 1.21 bits per heavy atom. The van der Waals surface area contributed by atoms with Crippen LogP contribution in [0.5, 0.6) is 0 Å². The smallest absolute Gasteiger partial charge is 0.112 e. The second kappa shape index (κ2) is 6.73. The lowest BCUT2D eigenvalue weighted by molar-refractivity contribution is 0.0547. The molecule has 0 saturated heterocycles. The van der Waals surface area contributed by atoms with Gasteiger partial charge in [0.1, 0.15) is 5.76 Å². The molecule has 0 aromatic carbocycles. The van der Waals surface area contributed by atoms with Crippen molar-refractivity contribution < 1.29 is 4.74 Å². The third kappa shape index (κ3) is 3.12. The van der Waals surface area contributed by atoms with E-state index in [9.17, 15) is 0 Å². The van der Waals surface area contributed by atoms with Crippen molar-refractivity contribution in [1.82, 2.24) is 10.3 Å². The molecule has 0 aromatic rings. The topological polar surface area (TPSA) is 50.5 Å². The SMILES string of the molecule is CN(C)C1(C(NN)C2=CCCCO2)CCCCCC1. The molecule has 0 radical (unpaired) electrons. The molecule has 1 aliphatic carbocycles. The summed E-state index contributed by atoms with van der Waals surface area (Å²) in [6.07, 6.45) is 12.1. The van der Waals surface area contributed by atoms with Crippen LogP contribution in [0.15, 0.2) is 11.8 Å². The van der Waals surface area contributed by atoms with Crippen LogP contribution in [0.1, 0.15) is 51.4 Å². The molecule has 0 amide bonds. The van der Waals surface area contributed by atoms with Gasteiger partial charge in [-0.15, -0.1) is 0 Å². The van der Waals surface area contributed by atoms with Crippen molar-refractivity contribution in [3.8, 4) is 0 Å². The van der Waals surface area contributed by atoms with E-state index < -0.39 is 0 Å². The Morgan fingerprint density at radius 2 is 1.89 bits per heavy atom. The van der Waals surface area contributed by atoms with Crippen molar-refractivity contribution >= 4 is 0 Å². The van der Waals surface area contributed by atoms with Crippen molar-refractivity contribution in [3.05, 3.63) is 11.8 Å². The van der Waals surface area contributed by atoms with E-state index in [1.54, 1.807) is 0 Å². The van der Waals surface area contributed by atoms with E-state index in [4.69, 9.17) is 10.6 Å². The second-order valence-electron chi connectivity index (χ2n) is 6.11. The number of hydrogen-bond acceptors (Lipinski definition) is 4. The van der Waals surface area contributed by atoms with Gasteiger partial charge in [-0.05, 0) is 45.9 Å². The third-order valence-electron chi connectivity index (χ3n) is 4.81. The minimum Gasteiger partial charge on any atom is -0.496 e. The van der Waals surface area contributed by atoms with Crippen LogP contribution in [0.3, 0.4) is 0 Å². The van der Waals surface area contributed by atoms with Gasteiger partial charge in [-0.2, -0.15) is 0 Å². The first-order valence-electron chi connectivity index (χ1n) is 7.67. The van der Waals surface area contributed by atoms with Crippen LogP contribution in [-0.4, -0.2) is 37.2 Å². The van der Waals surface area contributed by atoms with E-state index in [-0.39, 0.29) is 11.6 Å². The van der Waals surface area contributed by atoms with Gasteiger partial charge in [0.2, 0.25) is 0 Å².